The second kappa shape index (κ2) is 6.33. The lowest BCUT2D eigenvalue weighted by Gasteiger charge is -2.15. The number of carboxylic acid groups (broad SMARTS) is 1. The van der Waals surface area contributed by atoms with Crippen molar-refractivity contribution in [3.8, 4) is 0 Å². The average molecular weight is 320 g/mol. The Morgan fingerprint density at radius 1 is 1.45 bits per heavy atom. The third-order valence-corrected chi connectivity index (χ3v) is 4.81. The molecule has 1 atom stereocenters. The van der Waals surface area contributed by atoms with Crippen LogP contribution in [0.4, 0.5) is 0 Å². The number of amides is 1. The maximum atomic E-state index is 11.9. The van der Waals surface area contributed by atoms with Gasteiger partial charge in [-0.05, 0) is 18.4 Å². The molecule has 20 heavy (non-hydrogen) atoms. The van der Waals surface area contributed by atoms with E-state index in [0.29, 0.717) is 0 Å². The van der Waals surface area contributed by atoms with Crippen molar-refractivity contribution >= 4 is 33.2 Å². The van der Waals surface area contributed by atoms with Crippen LogP contribution in [0.1, 0.15) is 30.6 Å². The largest absolute Gasteiger partial charge is 0.480 e. The van der Waals surface area contributed by atoms with Crippen LogP contribution in [0.3, 0.4) is 0 Å². The number of hydrogen-bond donors (Lipinski definition) is 3. The van der Waals surface area contributed by atoms with Gasteiger partial charge in [-0.15, -0.1) is 11.3 Å². The summed E-state index contributed by atoms with van der Waals surface area (Å²) in [6.45, 7) is 3.68. The highest BCUT2D eigenvalue weighted by atomic mass is 32.2. The van der Waals surface area contributed by atoms with Crippen LogP contribution >= 0.6 is 11.3 Å². The Morgan fingerprint density at radius 3 is 2.45 bits per heavy atom. The fraction of sp³-hybridized carbons (Fsp3) is 0.455. The van der Waals surface area contributed by atoms with Gasteiger partial charge in [-0.2, -0.15) is 0 Å². The van der Waals surface area contributed by atoms with Crippen molar-refractivity contribution < 1.29 is 23.1 Å². The molecule has 0 aliphatic heterocycles. The van der Waals surface area contributed by atoms with E-state index in [1.54, 1.807) is 0 Å². The highest BCUT2D eigenvalue weighted by molar-refractivity contribution is 7.91. The number of nitrogens with one attached hydrogen (secondary N) is 1. The van der Waals surface area contributed by atoms with Crippen LogP contribution in [0.5, 0.6) is 0 Å². The summed E-state index contributed by atoms with van der Waals surface area (Å²) in [6, 6.07) is 0.115. The number of carboxylic acids is 1. The Bertz CT molecular complexity index is 606. The van der Waals surface area contributed by atoms with Crippen LogP contribution in [0.25, 0.3) is 0 Å². The normalized spacial score (nSPS) is 13.2. The summed E-state index contributed by atoms with van der Waals surface area (Å²) in [6.07, 6.45) is 0.285. The quantitative estimate of drug-likeness (QED) is 0.708. The van der Waals surface area contributed by atoms with Gasteiger partial charge in [-0.3, -0.25) is 4.79 Å². The molecule has 0 saturated carbocycles. The van der Waals surface area contributed by atoms with Crippen LogP contribution in [-0.4, -0.2) is 31.4 Å². The van der Waals surface area contributed by atoms with E-state index >= 15 is 0 Å². The Balaban J connectivity index is 2.84. The lowest BCUT2D eigenvalue weighted by molar-refractivity contribution is -0.139. The molecule has 1 heterocycles. The fourth-order valence-electron chi connectivity index (χ4n) is 1.52. The summed E-state index contributed by atoms with van der Waals surface area (Å²) in [5.74, 6) is -1.67. The zero-order valence-corrected chi connectivity index (χ0v) is 12.6. The zero-order chi connectivity index (χ0) is 15.5. The molecule has 112 valence electrons. The van der Waals surface area contributed by atoms with Gasteiger partial charge in [0.25, 0.3) is 5.91 Å². The molecule has 7 nitrogen and oxygen atoms in total. The fourth-order valence-corrected chi connectivity index (χ4v) is 3.10. The number of thiophene rings is 1. The van der Waals surface area contributed by atoms with Gasteiger partial charge in [0, 0.05) is 5.38 Å². The predicted molar refractivity (Wildman–Crippen MR) is 74.0 cm³/mol. The first-order chi connectivity index (χ1) is 9.11. The second-order valence-corrected chi connectivity index (χ2v) is 7.39. The molecule has 0 aromatic carbocycles. The van der Waals surface area contributed by atoms with E-state index in [1.165, 1.54) is 5.38 Å². The smallest absolute Gasteiger partial charge is 0.326 e. The summed E-state index contributed by atoms with van der Waals surface area (Å²) in [5, 5.41) is 17.7. The first-order valence-corrected chi connectivity index (χ1v) is 8.19. The number of hydrogen-bond acceptors (Lipinski definition) is 5. The molecule has 0 spiro atoms. The van der Waals surface area contributed by atoms with Crippen LogP contribution in [-0.2, 0) is 14.8 Å². The lowest BCUT2D eigenvalue weighted by atomic mass is 10.0. The molecule has 1 amide bonds. The van der Waals surface area contributed by atoms with Gasteiger partial charge >= 0.3 is 5.97 Å². The van der Waals surface area contributed by atoms with Gasteiger partial charge in [0.1, 0.15) is 10.3 Å². The Labute approximate surface area is 120 Å². The summed E-state index contributed by atoms with van der Waals surface area (Å²) in [4.78, 5) is 22.9. The summed E-state index contributed by atoms with van der Waals surface area (Å²) < 4.78 is 22.1. The number of nitrogens with two attached hydrogens (primary N) is 1. The Hall–Kier alpha value is -1.45. The van der Waals surface area contributed by atoms with E-state index in [0.717, 1.165) is 17.4 Å². The first-order valence-electron chi connectivity index (χ1n) is 5.76. The zero-order valence-electron chi connectivity index (χ0n) is 11.0. The molecule has 4 N–H and O–H groups in total. The minimum absolute atomic E-state index is 0.0778. The maximum absolute atomic E-state index is 11.9. The highest BCUT2D eigenvalue weighted by Crippen LogP contribution is 2.19. The molecule has 1 aromatic rings. The van der Waals surface area contributed by atoms with Crippen molar-refractivity contribution in [2.45, 2.75) is 30.5 Å². The van der Waals surface area contributed by atoms with Crippen LogP contribution in [0.15, 0.2) is 15.7 Å². The third-order valence-electron chi connectivity index (χ3n) is 2.43. The van der Waals surface area contributed by atoms with E-state index in [9.17, 15) is 18.0 Å². The first kappa shape index (κ1) is 16.6. The number of aliphatic carboxylic acids is 1. The minimum atomic E-state index is -3.86. The van der Waals surface area contributed by atoms with Crippen molar-refractivity contribution in [3.05, 3.63) is 17.0 Å². The molecule has 1 rings (SSSR count). The molecule has 9 heteroatoms. The van der Waals surface area contributed by atoms with E-state index < -0.39 is 27.9 Å². The monoisotopic (exact) mass is 320 g/mol. The third kappa shape index (κ3) is 4.58. The molecular weight excluding hydrogens is 304 g/mol. The minimum Gasteiger partial charge on any atom is -0.480 e. The van der Waals surface area contributed by atoms with Gasteiger partial charge < -0.3 is 10.4 Å². The molecule has 0 saturated heterocycles. The van der Waals surface area contributed by atoms with E-state index in [-0.39, 0.29) is 22.1 Å². The number of rotatable bonds is 6. The number of carbonyl (C=O) groups excluding carboxylic acids is 1. The molecular formula is C11H16N2O5S2. The van der Waals surface area contributed by atoms with Gasteiger partial charge in [0.15, 0.2) is 0 Å². The lowest BCUT2D eigenvalue weighted by Crippen LogP contribution is -2.41. The molecule has 0 radical (unpaired) electrons. The maximum Gasteiger partial charge on any atom is 0.326 e. The summed E-state index contributed by atoms with van der Waals surface area (Å²) >= 11 is 0.813. The standard InChI is InChI=1S/C11H16N2O5S2/c1-6(2)3-8(11(15)16)13-10(14)7-4-9(19-5-7)20(12,17)18/h4-6,8H,3H2,1-2H3,(H,13,14)(H,15,16)(H2,12,17,18)/t8-/m1/s1. The van der Waals surface area contributed by atoms with E-state index in [4.69, 9.17) is 10.2 Å². The van der Waals surface area contributed by atoms with Crippen molar-refractivity contribution in [1.82, 2.24) is 5.32 Å². The SMILES string of the molecule is CC(C)C[C@@H](NC(=O)c1csc(S(N)(=O)=O)c1)C(=O)O. The average Bonchev–Trinajstić information content (AvgIpc) is 2.75. The van der Waals surface area contributed by atoms with Crippen molar-refractivity contribution in [3.63, 3.8) is 0 Å². The molecule has 0 aliphatic carbocycles. The van der Waals surface area contributed by atoms with Crippen LogP contribution in [0, 0.1) is 5.92 Å². The van der Waals surface area contributed by atoms with Gasteiger partial charge in [-0.1, -0.05) is 13.8 Å². The van der Waals surface area contributed by atoms with Crippen LogP contribution in [0.2, 0.25) is 0 Å². The van der Waals surface area contributed by atoms with Crippen molar-refractivity contribution in [2.24, 2.45) is 11.1 Å². The van der Waals surface area contributed by atoms with Gasteiger partial charge in [0.2, 0.25) is 10.0 Å². The highest BCUT2D eigenvalue weighted by Gasteiger charge is 2.23. The number of sulfonamides is 1. The predicted octanol–water partition coefficient (Wildman–Crippen LogP) is 0.625. The van der Waals surface area contributed by atoms with E-state index in [1.807, 2.05) is 13.8 Å². The summed E-state index contributed by atoms with van der Waals surface area (Å²) in [7, 11) is -3.86. The van der Waals surface area contributed by atoms with E-state index in [2.05, 4.69) is 5.32 Å². The molecule has 1 aromatic heterocycles. The summed E-state index contributed by atoms with van der Waals surface area (Å²) in [5.41, 5.74) is 0.0778. The molecule has 0 unspecified atom stereocenters. The molecule has 0 fully saturated rings. The van der Waals surface area contributed by atoms with Crippen molar-refractivity contribution in [2.75, 3.05) is 0 Å². The number of carbonyl (C=O) groups is 2. The Kier molecular flexibility index (Phi) is 5.26. The van der Waals surface area contributed by atoms with Crippen molar-refractivity contribution in [1.29, 1.82) is 0 Å². The topological polar surface area (TPSA) is 127 Å². The molecule has 0 bridgehead atoms. The second-order valence-electron chi connectivity index (χ2n) is 4.69. The van der Waals surface area contributed by atoms with Gasteiger partial charge in [0.05, 0.1) is 5.56 Å². The van der Waals surface area contributed by atoms with Gasteiger partial charge in [-0.25, -0.2) is 18.4 Å². The Morgan fingerprint density at radius 2 is 2.05 bits per heavy atom. The molecule has 0 aliphatic rings. The van der Waals surface area contributed by atoms with Crippen LogP contribution < -0.4 is 10.5 Å². The number of primary sulfonamides is 1.